The second-order valence-electron chi connectivity index (χ2n) is 6.53. The van der Waals surface area contributed by atoms with Crippen LogP contribution in [0.3, 0.4) is 0 Å². The molecular weight excluding hydrogens is 324 g/mol. The van der Waals surface area contributed by atoms with Crippen LogP contribution in [-0.4, -0.2) is 20.8 Å². The van der Waals surface area contributed by atoms with Crippen molar-refractivity contribution in [3.05, 3.63) is 89.2 Å². The maximum Gasteiger partial charge on any atom is 0.249 e. The van der Waals surface area contributed by atoms with Gasteiger partial charge in [-0.25, -0.2) is 9.97 Å². The number of aliphatic hydroxyl groups is 1. The van der Waals surface area contributed by atoms with Crippen LogP contribution < -0.4 is 5.01 Å². The van der Waals surface area contributed by atoms with Crippen LogP contribution in [-0.2, 0) is 5.72 Å². The predicted octanol–water partition coefficient (Wildman–Crippen LogP) is 3.55. The Labute approximate surface area is 152 Å². The molecule has 1 aliphatic heterocycles. The van der Waals surface area contributed by atoms with Crippen molar-refractivity contribution in [2.75, 3.05) is 5.01 Å². The summed E-state index contributed by atoms with van der Waals surface area (Å²) >= 11 is 0. The SMILES string of the molecule is Cc1cc(C)nc(N2N=C(c3ccccc3)C[C@@]2(O)c2ccccc2)n1. The van der Waals surface area contributed by atoms with E-state index in [2.05, 4.69) is 9.97 Å². The second kappa shape index (κ2) is 6.35. The van der Waals surface area contributed by atoms with Gasteiger partial charge in [0, 0.05) is 23.4 Å². The van der Waals surface area contributed by atoms with E-state index in [1.54, 1.807) is 5.01 Å². The average Bonchev–Trinajstić information content (AvgIpc) is 3.01. The maximum absolute atomic E-state index is 11.6. The third kappa shape index (κ3) is 2.86. The van der Waals surface area contributed by atoms with Crippen molar-refractivity contribution in [2.24, 2.45) is 5.10 Å². The molecular formula is C21H20N4O. The summed E-state index contributed by atoms with van der Waals surface area (Å²) in [6, 6.07) is 21.4. The van der Waals surface area contributed by atoms with Crippen molar-refractivity contribution < 1.29 is 5.11 Å². The molecule has 0 radical (unpaired) electrons. The molecule has 130 valence electrons. The molecule has 3 aromatic rings. The van der Waals surface area contributed by atoms with Crippen LogP contribution in [0.2, 0.25) is 0 Å². The lowest BCUT2D eigenvalue weighted by molar-refractivity contribution is 0.0479. The van der Waals surface area contributed by atoms with Crippen LogP contribution in [0.5, 0.6) is 0 Å². The van der Waals surface area contributed by atoms with Crippen molar-refractivity contribution in [1.82, 2.24) is 9.97 Å². The van der Waals surface area contributed by atoms with E-state index in [0.717, 1.165) is 28.2 Å². The Morgan fingerprint density at radius 2 is 1.46 bits per heavy atom. The Kier molecular flexibility index (Phi) is 4.01. The van der Waals surface area contributed by atoms with E-state index in [4.69, 9.17) is 5.10 Å². The Bertz CT molecular complexity index is 936. The van der Waals surface area contributed by atoms with Crippen LogP contribution in [0.1, 0.15) is 28.9 Å². The zero-order valence-corrected chi connectivity index (χ0v) is 14.8. The molecule has 0 fully saturated rings. The summed E-state index contributed by atoms with van der Waals surface area (Å²) in [5, 5.41) is 17.9. The Morgan fingerprint density at radius 1 is 0.885 bits per heavy atom. The zero-order chi connectivity index (χ0) is 18.1. The van der Waals surface area contributed by atoms with E-state index in [-0.39, 0.29) is 0 Å². The lowest BCUT2D eigenvalue weighted by Gasteiger charge is -2.31. The second-order valence-corrected chi connectivity index (χ2v) is 6.53. The van der Waals surface area contributed by atoms with Gasteiger partial charge in [-0.2, -0.15) is 10.1 Å². The molecule has 2 heterocycles. The Morgan fingerprint density at radius 3 is 2.08 bits per heavy atom. The summed E-state index contributed by atoms with van der Waals surface area (Å²) in [5.74, 6) is 0.403. The highest BCUT2D eigenvalue weighted by Gasteiger charge is 2.45. The average molecular weight is 344 g/mol. The number of nitrogens with zero attached hydrogens (tertiary/aromatic N) is 4. The van der Waals surface area contributed by atoms with Gasteiger partial charge < -0.3 is 5.11 Å². The van der Waals surface area contributed by atoms with Crippen molar-refractivity contribution in [3.8, 4) is 0 Å². The van der Waals surface area contributed by atoms with Gasteiger partial charge in [0.1, 0.15) is 0 Å². The fraction of sp³-hybridized carbons (Fsp3) is 0.190. The van der Waals surface area contributed by atoms with Crippen LogP contribution in [0.25, 0.3) is 0 Å². The Balaban J connectivity index is 1.86. The third-order valence-corrected chi connectivity index (χ3v) is 4.49. The summed E-state index contributed by atoms with van der Waals surface area (Å²) in [6.07, 6.45) is 0.359. The molecule has 0 saturated carbocycles. The highest BCUT2D eigenvalue weighted by molar-refractivity contribution is 6.03. The van der Waals surface area contributed by atoms with Gasteiger partial charge in [-0.3, -0.25) is 0 Å². The van der Waals surface area contributed by atoms with Gasteiger partial charge in [-0.15, -0.1) is 0 Å². The van der Waals surface area contributed by atoms with Crippen molar-refractivity contribution in [1.29, 1.82) is 0 Å². The van der Waals surface area contributed by atoms with Gasteiger partial charge in [0.15, 0.2) is 5.72 Å². The van der Waals surface area contributed by atoms with E-state index in [1.165, 1.54) is 0 Å². The molecule has 5 heteroatoms. The molecule has 1 aliphatic rings. The first-order chi connectivity index (χ1) is 12.6. The summed E-state index contributed by atoms with van der Waals surface area (Å²) in [4.78, 5) is 9.03. The van der Waals surface area contributed by atoms with Gasteiger partial charge in [-0.05, 0) is 25.5 Å². The number of anilines is 1. The minimum Gasteiger partial charge on any atom is -0.365 e. The van der Waals surface area contributed by atoms with E-state index in [0.29, 0.717) is 12.4 Å². The first-order valence-electron chi connectivity index (χ1n) is 8.59. The molecule has 2 aromatic carbocycles. The topological polar surface area (TPSA) is 61.6 Å². The highest BCUT2D eigenvalue weighted by Crippen LogP contribution is 2.38. The largest absolute Gasteiger partial charge is 0.365 e. The number of hydrazone groups is 1. The van der Waals surface area contributed by atoms with Crippen LogP contribution >= 0.6 is 0 Å². The van der Waals surface area contributed by atoms with Crippen molar-refractivity contribution in [3.63, 3.8) is 0 Å². The van der Waals surface area contributed by atoms with Gasteiger partial charge in [0.25, 0.3) is 0 Å². The number of benzene rings is 2. The fourth-order valence-corrected chi connectivity index (χ4v) is 3.28. The molecule has 1 atom stereocenters. The van der Waals surface area contributed by atoms with Crippen LogP contribution in [0, 0.1) is 13.8 Å². The van der Waals surface area contributed by atoms with Crippen molar-refractivity contribution >= 4 is 11.7 Å². The lowest BCUT2D eigenvalue weighted by atomic mass is 9.95. The van der Waals surface area contributed by atoms with E-state index in [1.807, 2.05) is 80.6 Å². The third-order valence-electron chi connectivity index (χ3n) is 4.49. The number of hydrogen-bond donors (Lipinski definition) is 1. The summed E-state index contributed by atoms with van der Waals surface area (Å²) in [5.41, 5.74) is 2.90. The molecule has 26 heavy (non-hydrogen) atoms. The number of hydrogen-bond acceptors (Lipinski definition) is 5. The minimum absolute atomic E-state index is 0.359. The number of aromatic nitrogens is 2. The highest BCUT2D eigenvalue weighted by atomic mass is 16.3. The van der Waals surface area contributed by atoms with Gasteiger partial charge in [0.2, 0.25) is 5.95 Å². The predicted molar refractivity (Wildman–Crippen MR) is 102 cm³/mol. The van der Waals surface area contributed by atoms with E-state index >= 15 is 0 Å². The van der Waals surface area contributed by atoms with Crippen LogP contribution in [0.4, 0.5) is 5.95 Å². The molecule has 4 rings (SSSR count). The standard InChI is InChI=1S/C21H20N4O/c1-15-13-16(2)23-20(22-15)25-21(26,18-11-7-4-8-12-18)14-19(24-25)17-9-5-3-6-10-17/h3-13,26H,14H2,1-2H3/t21-/m1/s1. The van der Waals surface area contributed by atoms with Gasteiger partial charge in [-0.1, -0.05) is 60.7 Å². The first kappa shape index (κ1) is 16.4. The molecule has 1 aromatic heterocycles. The Hall–Kier alpha value is -3.05. The quantitative estimate of drug-likeness (QED) is 0.789. The smallest absolute Gasteiger partial charge is 0.249 e. The normalized spacial score (nSPS) is 19.5. The summed E-state index contributed by atoms with van der Waals surface area (Å²) in [6.45, 7) is 3.83. The molecule has 1 N–H and O–H groups in total. The molecule has 0 amide bonds. The molecule has 0 spiro atoms. The fourth-order valence-electron chi connectivity index (χ4n) is 3.28. The maximum atomic E-state index is 11.6. The van der Waals surface area contributed by atoms with Crippen LogP contribution in [0.15, 0.2) is 71.8 Å². The minimum atomic E-state index is -1.33. The number of rotatable bonds is 3. The van der Waals surface area contributed by atoms with E-state index < -0.39 is 5.72 Å². The van der Waals surface area contributed by atoms with Gasteiger partial charge in [0.05, 0.1) is 5.71 Å². The first-order valence-corrected chi connectivity index (χ1v) is 8.59. The molecule has 0 unspecified atom stereocenters. The molecule has 5 nitrogen and oxygen atoms in total. The molecule has 0 bridgehead atoms. The summed E-state index contributed by atoms with van der Waals surface area (Å²) < 4.78 is 0. The van der Waals surface area contributed by atoms with Crippen molar-refractivity contribution in [2.45, 2.75) is 26.0 Å². The molecule has 0 saturated heterocycles. The number of aryl methyl sites for hydroxylation is 2. The summed E-state index contributed by atoms with van der Waals surface area (Å²) in [7, 11) is 0. The van der Waals surface area contributed by atoms with E-state index in [9.17, 15) is 5.11 Å². The monoisotopic (exact) mass is 344 g/mol. The lowest BCUT2D eigenvalue weighted by Crippen LogP contribution is -2.41. The van der Waals surface area contributed by atoms with Gasteiger partial charge >= 0.3 is 0 Å². The zero-order valence-electron chi connectivity index (χ0n) is 14.8. The molecule has 0 aliphatic carbocycles.